The molecule has 1 aliphatic rings. The van der Waals surface area contributed by atoms with Crippen molar-refractivity contribution in [1.29, 1.82) is 0 Å². The molecule has 1 aliphatic heterocycles. The van der Waals surface area contributed by atoms with Gasteiger partial charge in [0.15, 0.2) is 0 Å². The summed E-state index contributed by atoms with van der Waals surface area (Å²) < 4.78 is 27.2. The van der Waals surface area contributed by atoms with Gasteiger partial charge in [-0.1, -0.05) is 30.7 Å². The summed E-state index contributed by atoms with van der Waals surface area (Å²) in [7, 11) is -3.65. The van der Waals surface area contributed by atoms with Crippen LogP contribution in [0.1, 0.15) is 24.1 Å². The third-order valence-electron chi connectivity index (χ3n) is 4.36. The smallest absolute Gasteiger partial charge is 0.243 e. The van der Waals surface area contributed by atoms with E-state index in [4.69, 9.17) is 0 Å². The molecule has 5 nitrogen and oxygen atoms in total. The molecule has 1 saturated heterocycles. The summed E-state index contributed by atoms with van der Waals surface area (Å²) >= 11 is 1.65. The van der Waals surface area contributed by atoms with Gasteiger partial charge in [-0.05, 0) is 42.8 Å². The highest BCUT2D eigenvalue weighted by Crippen LogP contribution is 2.25. The first-order valence-electron chi connectivity index (χ1n) is 8.46. The zero-order valence-corrected chi connectivity index (χ0v) is 15.6. The van der Waals surface area contributed by atoms with Crippen LogP contribution in [0.25, 0.3) is 0 Å². The molecule has 134 valence electrons. The number of benzene rings is 1. The molecule has 1 aromatic heterocycles. The second-order valence-electron chi connectivity index (χ2n) is 6.06. The standard InChI is InChI=1S/C18H22N2O3S2/c21-18(19-12-11-15-7-6-14-24-15)17-10-4-5-13-20(17)25(22,23)16-8-2-1-3-9-16/h1-3,6-9,14,17H,4-5,10-13H2,(H,19,21)/t17-/m1/s1. The van der Waals surface area contributed by atoms with Crippen molar-refractivity contribution in [2.45, 2.75) is 36.6 Å². The van der Waals surface area contributed by atoms with E-state index in [9.17, 15) is 13.2 Å². The van der Waals surface area contributed by atoms with Gasteiger partial charge in [-0.25, -0.2) is 8.42 Å². The van der Waals surface area contributed by atoms with E-state index in [1.807, 2.05) is 17.5 Å². The van der Waals surface area contributed by atoms with E-state index in [0.717, 1.165) is 19.3 Å². The van der Waals surface area contributed by atoms with Crippen molar-refractivity contribution in [1.82, 2.24) is 9.62 Å². The maximum absolute atomic E-state index is 12.9. The van der Waals surface area contributed by atoms with E-state index in [2.05, 4.69) is 5.32 Å². The highest BCUT2D eigenvalue weighted by atomic mass is 32.2. The minimum atomic E-state index is -3.65. The Morgan fingerprint density at radius 2 is 1.96 bits per heavy atom. The minimum Gasteiger partial charge on any atom is -0.354 e. The van der Waals surface area contributed by atoms with Gasteiger partial charge >= 0.3 is 0 Å². The van der Waals surface area contributed by atoms with Crippen molar-refractivity contribution in [2.75, 3.05) is 13.1 Å². The van der Waals surface area contributed by atoms with Crippen LogP contribution in [0.2, 0.25) is 0 Å². The lowest BCUT2D eigenvalue weighted by molar-refractivity contribution is -0.125. The minimum absolute atomic E-state index is 0.198. The van der Waals surface area contributed by atoms with Gasteiger partial charge in [-0.2, -0.15) is 4.31 Å². The molecule has 7 heteroatoms. The molecule has 1 fully saturated rings. The zero-order valence-electron chi connectivity index (χ0n) is 13.9. The topological polar surface area (TPSA) is 66.5 Å². The van der Waals surface area contributed by atoms with E-state index in [1.165, 1.54) is 9.18 Å². The lowest BCUT2D eigenvalue weighted by Gasteiger charge is -2.33. The molecule has 0 unspecified atom stereocenters. The number of rotatable bonds is 6. The molecule has 25 heavy (non-hydrogen) atoms. The molecule has 0 aliphatic carbocycles. The van der Waals surface area contributed by atoms with Gasteiger partial charge in [0.25, 0.3) is 0 Å². The van der Waals surface area contributed by atoms with Gasteiger partial charge in [-0.15, -0.1) is 11.3 Å². The number of sulfonamides is 1. The molecule has 0 bridgehead atoms. The maximum atomic E-state index is 12.9. The highest BCUT2D eigenvalue weighted by molar-refractivity contribution is 7.89. The first-order valence-corrected chi connectivity index (χ1v) is 10.8. The summed E-state index contributed by atoms with van der Waals surface area (Å²) in [6, 6.07) is 11.7. The van der Waals surface area contributed by atoms with Crippen LogP contribution in [0, 0.1) is 0 Å². The molecule has 1 atom stereocenters. The number of piperidine rings is 1. The molecule has 2 aromatic rings. The van der Waals surface area contributed by atoms with Crippen LogP contribution < -0.4 is 5.32 Å². The van der Waals surface area contributed by atoms with Crippen molar-refractivity contribution < 1.29 is 13.2 Å². The van der Waals surface area contributed by atoms with Gasteiger partial charge in [0.05, 0.1) is 4.90 Å². The number of nitrogens with one attached hydrogen (secondary N) is 1. The number of thiophene rings is 1. The molecule has 2 heterocycles. The van der Waals surface area contributed by atoms with Crippen molar-refractivity contribution >= 4 is 27.3 Å². The molecule has 1 amide bonds. The second-order valence-corrected chi connectivity index (χ2v) is 8.98. The molecule has 3 rings (SSSR count). The summed E-state index contributed by atoms with van der Waals surface area (Å²) in [6.45, 7) is 0.912. The Labute approximate surface area is 152 Å². The third-order valence-corrected chi connectivity index (χ3v) is 7.22. The Balaban J connectivity index is 1.69. The van der Waals surface area contributed by atoms with Crippen LogP contribution in [0.4, 0.5) is 0 Å². The van der Waals surface area contributed by atoms with E-state index >= 15 is 0 Å². The van der Waals surface area contributed by atoms with Gasteiger partial charge < -0.3 is 5.32 Å². The van der Waals surface area contributed by atoms with E-state index in [1.54, 1.807) is 41.7 Å². The number of hydrogen-bond donors (Lipinski definition) is 1. The highest BCUT2D eigenvalue weighted by Gasteiger charge is 2.37. The third kappa shape index (κ3) is 4.29. The normalized spacial score (nSPS) is 18.8. The van der Waals surface area contributed by atoms with Crippen LogP contribution in [0.15, 0.2) is 52.7 Å². The number of carbonyl (C=O) groups excluding carboxylic acids is 1. The summed E-state index contributed by atoms with van der Waals surface area (Å²) in [5.74, 6) is -0.198. The molecule has 0 spiro atoms. The predicted molar refractivity (Wildman–Crippen MR) is 99.0 cm³/mol. The number of hydrogen-bond acceptors (Lipinski definition) is 4. The fraction of sp³-hybridized carbons (Fsp3) is 0.389. The van der Waals surface area contributed by atoms with Gasteiger partial charge in [0, 0.05) is 18.0 Å². The fourth-order valence-corrected chi connectivity index (χ4v) is 5.45. The van der Waals surface area contributed by atoms with Crippen molar-refractivity contribution in [3.8, 4) is 0 Å². The average Bonchev–Trinajstić information content (AvgIpc) is 3.16. The van der Waals surface area contributed by atoms with Crippen LogP contribution in [0.5, 0.6) is 0 Å². The Morgan fingerprint density at radius 1 is 1.16 bits per heavy atom. The SMILES string of the molecule is O=C(NCCc1cccs1)[C@H]1CCCCN1S(=O)(=O)c1ccccc1. The van der Waals surface area contributed by atoms with Crippen LogP contribution in [-0.4, -0.2) is 37.8 Å². The van der Waals surface area contributed by atoms with Crippen molar-refractivity contribution in [2.24, 2.45) is 0 Å². The first kappa shape index (κ1) is 18.1. The quantitative estimate of drug-likeness (QED) is 0.840. The molecule has 1 N–H and O–H groups in total. The van der Waals surface area contributed by atoms with Gasteiger partial charge in [0.2, 0.25) is 15.9 Å². The van der Waals surface area contributed by atoms with Crippen molar-refractivity contribution in [3.63, 3.8) is 0 Å². The largest absolute Gasteiger partial charge is 0.354 e. The summed E-state index contributed by atoms with van der Waals surface area (Å²) in [6.07, 6.45) is 2.98. The zero-order chi connectivity index (χ0) is 17.7. The Morgan fingerprint density at radius 3 is 2.68 bits per heavy atom. The van der Waals surface area contributed by atoms with Crippen LogP contribution in [-0.2, 0) is 21.2 Å². The molecule has 0 radical (unpaired) electrons. The maximum Gasteiger partial charge on any atom is 0.243 e. The Kier molecular flexibility index (Phi) is 5.88. The van der Waals surface area contributed by atoms with E-state index in [-0.39, 0.29) is 10.8 Å². The average molecular weight is 379 g/mol. The first-order chi connectivity index (χ1) is 12.1. The predicted octanol–water partition coefficient (Wildman–Crippen LogP) is 2.65. The van der Waals surface area contributed by atoms with E-state index in [0.29, 0.717) is 19.5 Å². The second kappa shape index (κ2) is 8.12. The van der Waals surface area contributed by atoms with E-state index < -0.39 is 16.1 Å². The molecule has 0 saturated carbocycles. The Bertz CT molecular complexity index is 789. The summed E-state index contributed by atoms with van der Waals surface area (Å²) in [4.78, 5) is 14.1. The summed E-state index contributed by atoms with van der Waals surface area (Å²) in [5, 5.41) is 4.91. The lowest BCUT2D eigenvalue weighted by atomic mass is 10.0. The molecule has 1 aromatic carbocycles. The molecular formula is C18H22N2O3S2. The molecular weight excluding hydrogens is 356 g/mol. The fourth-order valence-electron chi connectivity index (χ4n) is 3.06. The number of carbonyl (C=O) groups is 1. The summed E-state index contributed by atoms with van der Waals surface area (Å²) in [5.41, 5.74) is 0. The van der Waals surface area contributed by atoms with Crippen LogP contribution >= 0.6 is 11.3 Å². The van der Waals surface area contributed by atoms with Crippen molar-refractivity contribution in [3.05, 3.63) is 52.7 Å². The number of nitrogens with zero attached hydrogens (tertiary/aromatic N) is 1. The Hall–Kier alpha value is -1.70. The van der Waals surface area contributed by atoms with Crippen LogP contribution in [0.3, 0.4) is 0 Å². The van der Waals surface area contributed by atoms with Gasteiger partial charge in [-0.3, -0.25) is 4.79 Å². The lowest BCUT2D eigenvalue weighted by Crippen LogP contribution is -2.52. The number of amides is 1. The monoisotopic (exact) mass is 378 g/mol. The van der Waals surface area contributed by atoms with Gasteiger partial charge in [0.1, 0.15) is 6.04 Å².